The van der Waals surface area contributed by atoms with Crippen molar-refractivity contribution in [2.45, 2.75) is 26.2 Å². The first-order valence-electron chi connectivity index (χ1n) is 9.43. The number of oxazole rings is 1. The number of hydrogen-bond donors (Lipinski definition) is 0. The Morgan fingerprint density at radius 1 is 1.14 bits per heavy atom. The Kier molecular flexibility index (Phi) is 4.04. The first kappa shape index (κ1) is 16.9. The zero-order valence-electron chi connectivity index (χ0n) is 15.6. The van der Waals surface area contributed by atoms with Gasteiger partial charge >= 0.3 is 0 Å². The molecule has 0 atom stereocenters. The number of hydrogen-bond acceptors (Lipinski definition) is 5. The van der Waals surface area contributed by atoms with Gasteiger partial charge in [0.05, 0.1) is 12.1 Å². The molecule has 0 spiro atoms. The lowest BCUT2D eigenvalue weighted by molar-refractivity contribution is -0.118. The SMILES string of the molecule is Cc1oc(-c2ccc3c(c2)OCO3)nc1CC(=O)N1CCCc2ccccc21. The Morgan fingerprint density at radius 2 is 2.00 bits per heavy atom. The fourth-order valence-electron chi connectivity index (χ4n) is 3.78. The van der Waals surface area contributed by atoms with E-state index < -0.39 is 0 Å². The maximum Gasteiger partial charge on any atom is 0.233 e. The normalized spacial score (nSPS) is 14.8. The highest BCUT2D eigenvalue weighted by atomic mass is 16.7. The first-order chi connectivity index (χ1) is 13.7. The quantitative estimate of drug-likeness (QED) is 0.694. The summed E-state index contributed by atoms with van der Waals surface area (Å²) in [5.74, 6) is 2.58. The Hall–Kier alpha value is -3.28. The molecule has 2 aromatic carbocycles. The lowest BCUT2D eigenvalue weighted by Gasteiger charge is -2.29. The van der Waals surface area contributed by atoms with Crippen LogP contribution < -0.4 is 14.4 Å². The third-order valence-electron chi connectivity index (χ3n) is 5.24. The molecule has 2 aliphatic rings. The Bertz CT molecular complexity index is 1060. The largest absolute Gasteiger partial charge is 0.454 e. The molecular formula is C22H20N2O4. The fraction of sp³-hybridized carbons (Fsp3) is 0.273. The molecule has 0 N–H and O–H groups in total. The number of benzene rings is 2. The lowest BCUT2D eigenvalue weighted by atomic mass is 10.0. The number of ether oxygens (including phenoxy) is 2. The number of carbonyl (C=O) groups excluding carboxylic acids is 1. The average molecular weight is 376 g/mol. The molecule has 5 rings (SSSR count). The van der Waals surface area contributed by atoms with Gasteiger partial charge in [-0.2, -0.15) is 0 Å². The molecule has 142 valence electrons. The second kappa shape index (κ2) is 6.71. The number of fused-ring (bicyclic) bond motifs is 2. The second-order valence-electron chi connectivity index (χ2n) is 7.04. The van der Waals surface area contributed by atoms with Crippen LogP contribution in [0.1, 0.15) is 23.4 Å². The molecular weight excluding hydrogens is 356 g/mol. The van der Waals surface area contributed by atoms with Crippen LogP contribution in [0.5, 0.6) is 11.5 Å². The van der Waals surface area contributed by atoms with E-state index in [0.29, 0.717) is 28.8 Å². The van der Waals surface area contributed by atoms with Gasteiger partial charge in [0.15, 0.2) is 11.5 Å². The Balaban J connectivity index is 1.39. The van der Waals surface area contributed by atoms with Crippen molar-refractivity contribution >= 4 is 11.6 Å². The monoisotopic (exact) mass is 376 g/mol. The van der Waals surface area contributed by atoms with Crippen LogP contribution in [-0.4, -0.2) is 24.2 Å². The van der Waals surface area contributed by atoms with E-state index in [9.17, 15) is 4.79 Å². The molecule has 28 heavy (non-hydrogen) atoms. The highest BCUT2D eigenvalue weighted by Crippen LogP contribution is 2.36. The number of nitrogens with zero attached hydrogens (tertiary/aromatic N) is 2. The van der Waals surface area contributed by atoms with Gasteiger partial charge in [-0.15, -0.1) is 0 Å². The van der Waals surface area contributed by atoms with Crippen LogP contribution in [0.4, 0.5) is 5.69 Å². The van der Waals surface area contributed by atoms with E-state index in [1.165, 1.54) is 5.56 Å². The summed E-state index contributed by atoms with van der Waals surface area (Å²) in [7, 11) is 0. The van der Waals surface area contributed by atoms with Crippen LogP contribution in [0, 0.1) is 6.92 Å². The number of aryl methyl sites for hydroxylation is 2. The summed E-state index contributed by atoms with van der Waals surface area (Å²) in [6.45, 7) is 2.80. The Morgan fingerprint density at radius 3 is 2.93 bits per heavy atom. The summed E-state index contributed by atoms with van der Waals surface area (Å²) in [4.78, 5) is 19.4. The van der Waals surface area contributed by atoms with E-state index in [4.69, 9.17) is 13.9 Å². The van der Waals surface area contributed by atoms with Crippen LogP contribution in [0.15, 0.2) is 46.9 Å². The highest BCUT2D eigenvalue weighted by Gasteiger charge is 2.25. The first-order valence-corrected chi connectivity index (χ1v) is 9.43. The molecule has 6 heteroatoms. The predicted molar refractivity (Wildman–Crippen MR) is 104 cm³/mol. The van der Waals surface area contributed by atoms with Crippen molar-refractivity contribution in [3.8, 4) is 23.0 Å². The molecule has 0 aliphatic carbocycles. The lowest BCUT2D eigenvalue weighted by Crippen LogP contribution is -2.36. The van der Waals surface area contributed by atoms with Gasteiger partial charge in [-0.1, -0.05) is 18.2 Å². The number of anilines is 1. The van der Waals surface area contributed by atoms with Gasteiger partial charge in [-0.05, 0) is 49.6 Å². The van der Waals surface area contributed by atoms with Crippen molar-refractivity contribution in [1.82, 2.24) is 4.98 Å². The molecule has 1 amide bonds. The van der Waals surface area contributed by atoms with Gasteiger partial charge in [0.2, 0.25) is 18.6 Å². The summed E-state index contributed by atoms with van der Waals surface area (Å²) in [5.41, 5.74) is 3.70. The molecule has 2 aliphatic heterocycles. The van der Waals surface area contributed by atoms with E-state index in [-0.39, 0.29) is 19.1 Å². The van der Waals surface area contributed by atoms with Crippen LogP contribution >= 0.6 is 0 Å². The van der Waals surface area contributed by atoms with E-state index in [0.717, 1.165) is 30.6 Å². The molecule has 3 aromatic rings. The summed E-state index contributed by atoms with van der Waals surface area (Å²) in [6, 6.07) is 13.7. The number of para-hydroxylation sites is 1. The highest BCUT2D eigenvalue weighted by molar-refractivity contribution is 5.95. The number of rotatable bonds is 3. The van der Waals surface area contributed by atoms with E-state index in [1.807, 2.05) is 48.2 Å². The number of aromatic nitrogens is 1. The zero-order valence-corrected chi connectivity index (χ0v) is 15.6. The van der Waals surface area contributed by atoms with Crippen LogP contribution in [0.25, 0.3) is 11.5 Å². The van der Waals surface area contributed by atoms with Gasteiger partial charge in [0.25, 0.3) is 0 Å². The second-order valence-corrected chi connectivity index (χ2v) is 7.04. The van der Waals surface area contributed by atoms with Crippen molar-refractivity contribution in [2.75, 3.05) is 18.2 Å². The van der Waals surface area contributed by atoms with Gasteiger partial charge in [-0.3, -0.25) is 4.79 Å². The molecule has 6 nitrogen and oxygen atoms in total. The van der Waals surface area contributed by atoms with Crippen molar-refractivity contribution < 1.29 is 18.7 Å². The average Bonchev–Trinajstić information content (AvgIpc) is 3.33. The predicted octanol–water partition coefficient (Wildman–Crippen LogP) is 3.90. The summed E-state index contributed by atoms with van der Waals surface area (Å²) < 4.78 is 16.6. The van der Waals surface area contributed by atoms with E-state index in [2.05, 4.69) is 11.1 Å². The van der Waals surface area contributed by atoms with Gasteiger partial charge in [0, 0.05) is 17.8 Å². The van der Waals surface area contributed by atoms with E-state index in [1.54, 1.807) is 0 Å². The number of carbonyl (C=O) groups is 1. The standard InChI is InChI=1S/C22H20N2O4/c1-14-17(12-21(25)24-10-4-6-15-5-2-3-7-18(15)24)23-22(28-14)16-8-9-19-20(11-16)27-13-26-19/h2-3,5,7-9,11H,4,6,10,12-13H2,1H3. The zero-order chi connectivity index (χ0) is 19.1. The minimum absolute atomic E-state index is 0.0424. The maximum atomic E-state index is 13.0. The summed E-state index contributed by atoms with van der Waals surface area (Å²) in [5, 5.41) is 0. The third-order valence-corrected chi connectivity index (χ3v) is 5.24. The molecule has 3 heterocycles. The third kappa shape index (κ3) is 2.91. The number of amides is 1. The fourth-order valence-corrected chi connectivity index (χ4v) is 3.78. The summed E-state index contributed by atoms with van der Waals surface area (Å²) >= 11 is 0. The topological polar surface area (TPSA) is 64.8 Å². The molecule has 0 fully saturated rings. The smallest absolute Gasteiger partial charge is 0.233 e. The molecule has 0 saturated heterocycles. The van der Waals surface area contributed by atoms with Crippen molar-refractivity contribution in [3.05, 3.63) is 59.5 Å². The molecule has 0 unspecified atom stereocenters. The molecule has 0 saturated carbocycles. The van der Waals surface area contributed by atoms with Crippen LogP contribution in [-0.2, 0) is 17.6 Å². The van der Waals surface area contributed by atoms with Gasteiger partial charge < -0.3 is 18.8 Å². The minimum Gasteiger partial charge on any atom is -0.454 e. The molecule has 1 aromatic heterocycles. The minimum atomic E-state index is 0.0424. The molecule has 0 bridgehead atoms. The maximum absolute atomic E-state index is 13.0. The van der Waals surface area contributed by atoms with Gasteiger partial charge in [-0.25, -0.2) is 4.98 Å². The Labute approximate surface area is 162 Å². The van der Waals surface area contributed by atoms with Crippen molar-refractivity contribution in [1.29, 1.82) is 0 Å². The van der Waals surface area contributed by atoms with Crippen molar-refractivity contribution in [2.24, 2.45) is 0 Å². The molecule has 0 radical (unpaired) electrons. The summed E-state index contributed by atoms with van der Waals surface area (Å²) in [6.07, 6.45) is 2.20. The van der Waals surface area contributed by atoms with Crippen molar-refractivity contribution in [3.63, 3.8) is 0 Å². The van der Waals surface area contributed by atoms with Crippen LogP contribution in [0.2, 0.25) is 0 Å². The van der Waals surface area contributed by atoms with Gasteiger partial charge in [0.1, 0.15) is 5.76 Å². The van der Waals surface area contributed by atoms with E-state index >= 15 is 0 Å². The van der Waals surface area contributed by atoms with Crippen LogP contribution in [0.3, 0.4) is 0 Å².